The van der Waals surface area contributed by atoms with Crippen LogP contribution in [-0.2, 0) is 5.41 Å². The first-order valence-corrected chi connectivity index (χ1v) is 7.10. The Morgan fingerprint density at radius 1 is 1.32 bits per heavy atom. The third-order valence-electron chi connectivity index (χ3n) is 3.54. The average Bonchev–Trinajstić information content (AvgIpc) is 2.55. The number of hydrogen-bond donors (Lipinski definition) is 1. The summed E-state index contributed by atoms with van der Waals surface area (Å²) in [5.74, 6) is 1.26. The zero-order chi connectivity index (χ0) is 14.2. The molecule has 0 fully saturated rings. The molecule has 2 rings (SSSR count). The van der Waals surface area contributed by atoms with Crippen LogP contribution in [0.4, 0.5) is 0 Å². The van der Waals surface area contributed by atoms with Gasteiger partial charge in [-0.05, 0) is 31.2 Å². The Morgan fingerprint density at radius 3 is 2.53 bits per heavy atom. The molecule has 0 unspecified atom stereocenters. The van der Waals surface area contributed by atoms with Crippen molar-refractivity contribution in [2.45, 2.75) is 45.6 Å². The zero-order valence-corrected chi connectivity index (χ0v) is 12.7. The van der Waals surface area contributed by atoms with E-state index in [4.69, 9.17) is 21.1 Å². The van der Waals surface area contributed by atoms with Crippen molar-refractivity contribution in [1.82, 2.24) is 0 Å². The SMILES string of the molecule is CCOc1cc(Cl)c2c(c1OCC)[C@H](O)CC2(C)C. The molecule has 0 saturated carbocycles. The lowest BCUT2D eigenvalue weighted by molar-refractivity contribution is 0.156. The summed E-state index contributed by atoms with van der Waals surface area (Å²) in [5, 5.41) is 11.0. The van der Waals surface area contributed by atoms with Gasteiger partial charge in [0.2, 0.25) is 0 Å². The Bertz CT molecular complexity index is 483. The fraction of sp³-hybridized carbons (Fsp3) is 0.600. The minimum atomic E-state index is -0.551. The van der Waals surface area contributed by atoms with Gasteiger partial charge < -0.3 is 14.6 Å². The molecule has 1 aliphatic rings. The Labute approximate surface area is 119 Å². The van der Waals surface area contributed by atoms with Gasteiger partial charge in [0.25, 0.3) is 0 Å². The Balaban J connectivity index is 2.66. The first-order chi connectivity index (χ1) is 8.92. The summed E-state index contributed by atoms with van der Waals surface area (Å²) in [6, 6.07) is 1.80. The fourth-order valence-electron chi connectivity index (χ4n) is 2.88. The van der Waals surface area contributed by atoms with Crippen LogP contribution in [0.2, 0.25) is 5.02 Å². The molecule has 0 aliphatic heterocycles. The highest BCUT2D eigenvalue weighted by Crippen LogP contribution is 2.54. The minimum Gasteiger partial charge on any atom is -0.490 e. The van der Waals surface area contributed by atoms with E-state index in [0.29, 0.717) is 36.2 Å². The lowest BCUT2D eigenvalue weighted by atomic mass is 9.86. The van der Waals surface area contributed by atoms with Crippen molar-refractivity contribution in [1.29, 1.82) is 0 Å². The molecule has 0 aromatic heterocycles. The molecule has 1 aliphatic carbocycles. The zero-order valence-electron chi connectivity index (χ0n) is 11.9. The molecule has 4 heteroatoms. The molecule has 106 valence electrons. The maximum atomic E-state index is 10.3. The number of rotatable bonds is 4. The van der Waals surface area contributed by atoms with Crippen LogP contribution in [0.15, 0.2) is 6.07 Å². The first kappa shape index (κ1) is 14.5. The normalized spacial score (nSPS) is 20.2. The van der Waals surface area contributed by atoms with Gasteiger partial charge in [0, 0.05) is 16.7 Å². The highest BCUT2D eigenvalue weighted by atomic mass is 35.5. The van der Waals surface area contributed by atoms with Crippen LogP contribution < -0.4 is 9.47 Å². The van der Waals surface area contributed by atoms with E-state index in [9.17, 15) is 5.11 Å². The summed E-state index contributed by atoms with van der Waals surface area (Å²) < 4.78 is 11.3. The molecule has 19 heavy (non-hydrogen) atoms. The Hall–Kier alpha value is -0.930. The van der Waals surface area contributed by atoms with Gasteiger partial charge in [0.05, 0.1) is 19.3 Å². The van der Waals surface area contributed by atoms with Crippen molar-refractivity contribution in [2.24, 2.45) is 0 Å². The highest BCUT2D eigenvalue weighted by molar-refractivity contribution is 6.32. The van der Waals surface area contributed by atoms with Crippen LogP contribution in [0, 0.1) is 0 Å². The second-order valence-electron chi connectivity index (χ2n) is 5.44. The molecule has 0 saturated heterocycles. The van der Waals surface area contributed by atoms with Gasteiger partial charge in [-0.3, -0.25) is 0 Å². The van der Waals surface area contributed by atoms with Crippen molar-refractivity contribution in [2.75, 3.05) is 13.2 Å². The molecule has 3 nitrogen and oxygen atoms in total. The van der Waals surface area contributed by atoms with Crippen LogP contribution in [0.1, 0.15) is 51.3 Å². The van der Waals surface area contributed by atoms with Crippen molar-refractivity contribution in [3.8, 4) is 11.5 Å². The first-order valence-electron chi connectivity index (χ1n) is 6.72. The molecule has 0 spiro atoms. The summed E-state index contributed by atoms with van der Waals surface area (Å²) in [6.07, 6.45) is 0.0991. The van der Waals surface area contributed by atoms with Gasteiger partial charge in [-0.15, -0.1) is 0 Å². The fourth-order valence-corrected chi connectivity index (χ4v) is 3.33. The summed E-state index contributed by atoms with van der Waals surface area (Å²) in [7, 11) is 0. The molecule has 0 bridgehead atoms. The molecule has 0 radical (unpaired) electrons. The van der Waals surface area contributed by atoms with Crippen LogP contribution in [0.5, 0.6) is 11.5 Å². The van der Waals surface area contributed by atoms with Gasteiger partial charge in [0.1, 0.15) is 0 Å². The van der Waals surface area contributed by atoms with E-state index in [1.807, 2.05) is 13.8 Å². The molecule has 1 N–H and O–H groups in total. The predicted octanol–water partition coefficient (Wildman–Crippen LogP) is 3.85. The molecule has 1 aromatic carbocycles. The van der Waals surface area contributed by atoms with Crippen molar-refractivity contribution in [3.05, 3.63) is 22.2 Å². The van der Waals surface area contributed by atoms with Gasteiger partial charge in [-0.2, -0.15) is 0 Å². The summed E-state index contributed by atoms with van der Waals surface area (Å²) >= 11 is 6.39. The molecular formula is C15H21ClO3. The number of aliphatic hydroxyl groups is 1. The van der Waals surface area contributed by atoms with Crippen LogP contribution in [-0.4, -0.2) is 18.3 Å². The maximum absolute atomic E-state index is 10.3. The van der Waals surface area contributed by atoms with E-state index in [2.05, 4.69) is 13.8 Å². The molecule has 1 atom stereocenters. The standard InChI is InChI=1S/C15H21ClO3/c1-5-18-11-7-9(16)13-12(14(11)19-6-2)10(17)8-15(13,3)4/h7,10,17H,5-6,8H2,1-4H3/t10-/m1/s1. The summed E-state index contributed by atoms with van der Waals surface area (Å²) in [6.45, 7) is 9.07. The molecular weight excluding hydrogens is 264 g/mol. The second kappa shape index (κ2) is 5.22. The van der Waals surface area contributed by atoms with Gasteiger partial charge in [0.15, 0.2) is 11.5 Å². The maximum Gasteiger partial charge on any atom is 0.167 e. The van der Waals surface area contributed by atoms with E-state index >= 15 is 0 Å². The summed E-state index contributed by atoms with van der Waals surface area (Å²) in [4.78, 5) is 0. The average molecular weight is 285 g/mol. The number of ether oxygens (including phenoxy) is 2. The number of halogens is 1. The summed E-state index contributed by atoms with van der Waals surface area (Å²) in [5.41, 5.74) is 1.62. The quantitative estimate of drug-likeness (QED) is 0.913. The number of fused-ring (bicyclic) bond motifs is 1. The smallest absolute Gasteiger partial charge is 0.167 e. The lowest BCUT2D eigenvalue weighted by Gasteiger charge is -2.22. The van der Waals surface area contributed by atoms with Crippen LogP contribution in [0.25, 0.3) is 0 Å². The van der Waals surface area contributed by atoms with Gasteiger partial charge >= 0.3 is 0 Å². The van der Waals surface area contributed by atoms with Crippen LogP contribution >= 0.6 is 11.6 Å². The van der Waals surface area contributed by atoms with E-state index in [-0.39, 0.29) is 5.41 Å². The topological polar surface area (TPSA) is 38.7 Å². The van der Waals surface area contributed by atoms with Crippen molar-refractivity contribution in [3.63, 3.8) is 0 Å². The van der Waals surface area contributed by atoms with E-state index in [1.165, 1.54) is 0 Å². The third-order valence-corrected chi connectivity index (χ3v) is 3.83. The molecule has 0 amide bonds. The van der Waals surface area contributed by atoms with Crippen LogP contribution in [0.3, 0.4) is 0 Å². The molecule has 0 heterocycles. The number of aliphatic hydroxyl groups excluding tert-OH is 1. The third kappa shape index (κ3) is 2.41. The molecule has 1 aromatic rings. The Morgan fingerprint density at radius 2 is 1.95 bits per heavy atom. The largest absolute Gasteiger partial charge is 0.490 e. The van der Waals surface area contributed by atoms with E-state index in [1.54, 1.807) is 6.07 Å². The second-order valence-corrected chi connectivity index (χ2v) is 5.85. The Kier molecular flexibility index (Phi) is 3.98. The van der Waals surface area contributed by atoms with Crippen molar-refractivity contribution < 1.29 is 14.6 Å². The highest BCUT2D eigenvalue weighted by Gasteiger charge is 2.41. The minimum absolute atomic E-state index is 0.150. The number of hydrogen-bond acceptors (Lipinski definition) is 3. The van der Waals surface area contributed by atoms with Gasteiger partial charge in [-0.1, -0.05) is 25.4 Å². The number of benzene rings is 1. The predicted molar refractivity (Wildman–Crippen MR) is 76.4 cm³/mol. The monoisotopic (exact) mass is 284 g/mol. The van der Waals surface area contributed by atoms with Crippen molar-refractivity contribution >= 4 is 11.6 Å². The van der Waals surface area contributed by atoms with Gasteiger partial charge in [-0.25, -0.2) is 0 Å². The van der Waals surface area contributed by atoms with E-state index < -0.39 is 6.10 Å². The lowest BCUT2D eigenvalue weighted by Crippen LogP contribution is -2.13. The van der Waals surface area contributed by atoms with E-state index in [0.717, 1.165) is 11.1 Å².